The van der Waals surface area contributed by atoms with E-state index in [1.165, 1.54) is 110 Å². The maximum Gasteiger partial charge on any atom is 0.132 e. The zero-order valence-electron chi connectivity index (χ0n) is 38.1. The molecule has 16 rings (SSSR count). The predicted molar refractivity (Wildman–Crippen MR) is 285 cm³/mol. The molecule has 4 aliphatic carbocycles. The van der Waals surface area contributed by atoms with Gasteiger partial charge in [0.2, 0.25) is 0 Å². The Labute approximate surface area is 412 Å². The van der Waals surface area contributed by atoms with E-state index in [2.05, 4.69) is 242 Å². The van der Waals surface area contributed by atoms with Crippen LogP contribution in [0, 0.1) is 5.92 Å². The van der Waals surface area contributed by atoms with Crippen molar-refractivity contribution < 1.29 is 4.74 Å². The minimum Gasteiger partial charge on any atom is -0.457 e. The number of anilines is 3. The molecule has 0 radical (unpaired) electrons. The summed E-state index contributed by atoms with van der Waals surface area (Å²) in [7, 11) is 0. The van der Waals surface area contributed by atoms with E-state index >= 15 is 0 Å². The van der Waals surface area contributed by atoms with Gasteiger partial charge in [-0.1, -0.05) is 206 Å². The summed E-state index contributed by atoms with van der Waals surface area (Å²) in [6, 6.07) is 84.4. The van der Waals surface area contributed by atoms with Crippen molar-refractivity contribution in [3.05, 3.63) is 286 Å². The minimum atomic E-state index is -0.621. The van der Waals surface area contributed by atoms with E-state index < -0.39 is 10.8 Å². The third kappa shape index (κ3) is 4.90. The van der Waals surface area contributed by atoms with Crippen molar-refractivity contribution in [3.8, 4) is 44.9 Å². The average molecular weight is 910 g/mol. The quantitative estimate of drug-likeness (QED) is 0.175. The predicted octanol–water partition coefficient (Wildman–Crippen LogP) is 17.3. The summed E-state index contributed by atoms with van der Waals surface area (Å²) in [6.07, 6.45) is 6.11. The van der Waals surface area contributed by atoms with Crippen LogP contribution < -0.4 is 9.64 Å². The Morgan fingerprint density at radius 2 is 0.943 bits per heavy atom. The lowest BCUT2D eigenvalue weighted by atomic mass is 9.66. The van der Waals surface area contributed by atoms with Crippen LogP contribution in [-0.4, -0.2) is 0 Å². The van der Waals surface area contributed by atoms with Gasteiger partial charge in [0, 0.05) is 37.6 Å². The van der Waals surface area contributed by atoms with E-state index in [0.29, 0.717) is 11.8 Å². The third-order valence-electron chi connectivity index (χ3n) is 16.5. The Morgan fingerprint density at radius 3 is 1.63 bits per heavy atom. The molecule has 328 valence electrons. The molecule has 2 unspecified atom stereocenters. The lowest BCUT2D eigenvalue weighted by Gasteiger charge is -2.41. The Bertz CT molecular complexity index is 3830. The van der Waals surface area contributed by atoms with Gasteiger partial charge in [-0.05, 0) is 122 Å². The Morgan fingerprint density at radius 1 is 0.429 bits per heavy atom. The smallest absolute Gasteiger partial charge is 0.132 e. The first-order chi connectivity index (χ1) is 34.7. The van der Waals surface area contributed by atoms with E-state index in [-0.39, 0.29) is 0 Å². The number of nitrogens with zero attached hydrogens (tertiary/aromatic N) is 1. The molecule has 0 saturated heterocycles. The fraction of sp³-hybridized carbons (Fsp3) is 0.0746. The highest BCUT2D eigenvalue weighted by molar-refractivity contribution is 7.99. The van der Waals surface area contributed by atoms with E-state index in [4.69, 9.17) is 4.74 Å². The lowest BCUT2D eigenvalue weighted by Crippen LogP contribution is -2.32. The molecule has 0 aromatic heterocycles. The topological polar surface area (TPSA) is 12.5 Å². The second-order valence-electron chi connectivity index (χ2n) is 19.7. The van der Waals surface area contributed by atoms with Crippen molar-refractivity contribution in [1.82, 2.24) is 0 Å². The second kappa shape index (κ2) is 14.2. The summed E-state index contributed by atoms with van der Waals surface area (Å²) in [4.78, 5) is 5.37. The van der Waals surface area contributed by atoms with E-state index in [1.807, 2.05) is 11.8 Å². The van der Waals surface area contributed by atoms with Crippen LogP contribution in [0.4, 0.5) is 17.1 Å². The lowest BCUT2D eigenvalue weighted by molar-refractivity contribution is 0.436. The number of ether oxygens (including phenoxy) is 1. The first kappa shape index (κ1) is 38.8. The van der Waals surface area contributed by atoms with Gasteiger partial charge in [0.15, 0.2) is 0 Å². The van der Waals surface area contributed by atoms with Crippen molar-refractivity contribution in [2.24, 2.45) is 5.92 Å². The average Bonchev–Trinajstić information content (AvgIpc) is 4.11. The van der Waals surface area contributed by atoms with Gasteiger partial charge < -0.3 is 9.64 Å². The van der Waals surface area contributed by atoms with Crippen LogP contribution >= 0.6 is 11.8 Å². The second-order valence-corrected chi connectivity index (χ2v) is 20.8. The van der Waals surface area contributed by atoms with Crippen molar-refractivity contribution in [1.29, 1.82) is 0 Å². The molecule has 2 heterocycles. The molecule has 3 heteroatoms. The van der Waals surface area contributed by atoms with Crippen LogP contribution in [0.5, 0.6) is 11.5 Å². The van der Waals surface area contributed by atoms with Crippen LogP contribution in [-0.2, 0) is 10.8 Å². The first-order valence-electron chi connectivity index (χ1n) is 24.7. The maximum atomic E-state index is 6.82. The SMILES string of the molecule is C1=CC2CC2c2c1cc1c(c2N(c2ccccc2-c2ccccc2)c2cccc3c2-c2ccccc2C32c3ccccc3Oc3ccccc32)-c2ccccc2C12c1ccccc1Sc1ccccc12. The van der Waals surface area contributed by atoms with Gasteiger partial charge in [0.05, 0.1) is 27.9 Å². The molecule has 0 N–H and O–H groups in total. The molecule has 10 aromatic rings. The zero-order chi connectivity index (χ0) is 45.7. The van der Waals surface area contributed by atoms with Crippen molar-refractivity contribution in [3.63, 3.8) is 0 Å². The molecular weight excluding hydrogens is 867 g/mol. The molecule has 1 fully saturated rings. The maximum absolute atomic E-state index is 6.82. The van der Waals surface area contributed by atoms with Crippen LogP contribution in [0.25, 0.3) is 39.5 Å². The van der Waals surface area contributed by atoms with Crippen LogP contribution in [0.15, 0.2) is 240 Å². The zero-order valence-corrected chi connectivity index (χ0v) is 39.0. The minimum absolute atomic E-state index is 0.404. The molecule has 1 saturated carbocycles. The molecule has 0 amide bonds. The molecule has 2 nitrogen and oxygen atoms in total. The number of benzene rings is 10. The Hall–Kier alpha value is -8.11. The number of allylic oxidation sites excluding steroid dienone is 1. The van der Waals surface area contributed by atoms with Crippen LogP contribution in [0.1, 0.15) is 68.0 Å². The fourth-order valence-corrected chi connectivity index (χ4v) is 14.9. The van der Waals surface area contributed by atoms with Gasteiger partial charge >= 0.3 is 0 Å². The van der Waals surface area contributed by atoms with Gasteiger partial charge in [0.25, 0.3) is 0 Å². The van der Waals surface area contributed by atoms with Gasteiger partial charge in [-0.2, -0.15) is 0 Å². The summed E-state index contributed by atoms with van der Waals surface area (Å²) in [5.74, 6) is 2.71. The molecule has 70 heavy (non-hydrogen) atoms. The number of rotatable bonds is 4. The highest BCUT2D eigenvalue weighted by Crippen LogP contribution is 2.70. The molecule has 6 aliphatic rings. The van der Waals surface area contributed by atoms with E-state index in [9.17, 15) is 0 Å². The molecule has 2 spiro atoms. The van der Waals surface area contributed by atoms with Crippen LogP contribution in [0.3, 0.4) is 0 Å². The summed E-state index contributed by atoms with van der Waals surface area (Å²) >= 11 is 1.91. The van der Waals surface area contributed by atoms with Crippen LogP contribution in [0.2, 0.25) is 0 Å². The summed E-state index contributed by atoms with van der Waals surface area (Å²) < 4.78 is 6.82. The van der Waals surface area contributed by atoms with Gasteiger partial charge in [-0.25, -0.2) is 0 Å². The van der Waals surface area contributed by atoms with Crippen molar-refractivity contribution >= 4 is 34.9 Å². The van der Waals surface area contributed by atoms with Gasteiger partial charge in [0.1, 0.15) is 11.5 Å². The highest BCUT2D eigenvalue weighted by Gasteiger charge is 2.55. The number of hydrogen-bond acceptors (Lipinski definition) is 3. The Kier molecular flexibility index (Phi) is 7.89. The molecule has 2 aliphatic heterocycles. The number of para-hydroxylation sites is 3. The third-order valence-corrected chi connectivity index (χ3v) is 17.6. The standard InChI is InChI=1S/C67H43NOS/c1-2-19-41(20-3-1)44-21-6-13-31-56(44)68(57-32-18-30-54-63(57)45-22-4-7-24-48(45)66(54)50-26-9-14-33-58(50)69-59-34-15-10-27-51(59)66)65-62-43(38-37-42-39-47(42)62)40-55-64(65)46-23-5-8-25-49(46)67(55)52-28-11-16-35-60(52)70-61-36-17-12-29-53(61)67/h1-38,40,42,47H,39H2. The highest BCUT2D eigenvalue weighted by atomic mass is 32.2. The van der Waals surface area contributed by atoms with Gasteiger partial charge in [-0.3, -0.25) is 0 Å². The number of hydrogen-bond donors (Lipinski definition) is 0. The number of fused-ring (bicyclic) bond motifs is 21. The first-order valence-corrected chi connectivity index (χ1v) is 25.5. The summed E-state index contributed by atoms with van der Waals surface area (Å²) in [6.45, 7) is 0. The molecule has 0 bridgehead atoms. The van der Waals surface area contributed by atoms with Crippen molar-refractivity contribution in [2.75, 3.05) is 4.90 Å². The summed E-state index contributed by atoms with van der Waals surface area (Å²) in [5.41, 5.74) is 23.0. The molecule has 2 atom stereocenters. The van der Waals surface area contributed by atoms with Crippen molar-refractivity contribution in [2.45, 2.75) is 33.0 Å². The van der Waals surface area contributed by atoms with Gasteiger partial charge in [-0.15, -0.1) is 0 Å². The normalized spacial score (nSPS) is 17.6. The molecule has 10 aromatic carbocycles. The fourth-order valence-electron chi connectivity index (χ4n) is 13.7. The van der Waals surface area contributed by atoms with E-state index in [0.717, 1.165) is 23.6 Å². The van der Waals surface area contributed by atoms with E-state index in [1.54, 1.807) is 0 Å². The summed E-state index contributed by atoms with van der Waals surface area (Å²) in [5, 5.41) is 0. The molecular formula is C67H43NOS. The monoisotopic (exact) mass is 909 g/mol. The Balaban J connectivity index is 1.09. The largest absolute Gasteiger partial charge is 0.457 e.